The first-order valence-corrected chi connectivity index (χ1v) is 8.14. The zero-order valence-corrected chi connectivity index (χ0v) is 14.3. The fraction of sp³-hybridized carbons (Fsp3) is 0.0526. The summed E-state index contributed by atoms with van der Waals surface area (Å²) in [7, 11) is 1.77. The van der Waals surface area contributed by atoms with Crippen molar-refractivity contribution in [1.29, 1.82) is 5.26 Å². The van der Waals surface area contributed by atoms with E-state index < -0.39 is 5.82 Å². The smallest absolute Gasteiger partial charge is 0.148 e. The number of halogens is 1. The highest BCUT2D eigenvalue weighted by Crippen LogP contribution is 2.28. The Balaban J connectivity index is 1.85. The van der Waals surface area contributed by atoms with Crippen molar-refractivity contribution in [2.45, 2.75) is 0 Å². The van der Waals surface area contributed by atoms with Crippen molar-refractivity contribution in [2.75, 3.05) is 12.4 Å². The highest BCUT2D eigenvalue weighted by Gasteiger charge is 2.14. The summed E-state index contributed by atoms with van der Waals surface area (Å²) in [6.07, 6.45) is 3.35. The summed E-state index contributed by atoms with van der Waals surface area (Å²) in [4.78, 5) is 0. The van der Waals surface area contributed by atoms with Gasteiger partial charge in [0.05, 0.1) is 35.0 Å². The maximum Gasteiger partial charge on any atom is 0.148 e. The van der Waals surface area contributed by atoms with Crippen molar-refractivity contribution in [3.63, 3.8) is 0 Å². The third kappa shape index (κ3) is 3.02. The molecule has 2 aromatic carbocycles. The van der Waals surface area contributed by atoms with Crippen LogP contribution in [-0.4, -0.2) is 31.8 Å². The molecule has 0 unspecified atom stereocenters. The van der Waals surface area contributed by atoms with Crippen molar-refractivity contribution in [2.24, 2.45) is 0 Å². The molecule has 0 aliphatic rings. The van der Waals surface area contributed by atoms with Crippen molar-refractivity contribution in [1.82, 2.24) is 24.8 Å². The molecule has 8 heteroatoms. The molecular formula is C19H14FN7. The van der Waals surface area contributed by atoms with Crippen LogP contribution >= 0.6 is 0 Å². The van der Waals surface area contributed by atoms with Gasteiger partial charge >= 0.3 is 0 Å². The summed E-state index contributed by atoms with van der Waals surface area (Å²) >= 11 is 0. The molecule has 0 saturated heterocycles. The minimum absolute atomic E-state index is 0.00633. The second kappa shape index (κ2) is 6.72. The van der Waals surface area contributed by atoms with Gasteiger partial charge in [-0.05, 0) is 30.3 Å². The molecule has 2 heterocycles. The van der Waals surface area contributed by atoms with Crippen LogP contribution < -0.4 is 5.32 Å². The average molecular weight is 359 g/mol. The summed E-state index contributed by atoms with van der Waals surface area (Å²) in [5.41, 5.74) is 2.92. The highest BCUT2D eigenvalue weighted by atomic mass is 19.1. The molecule has 0 radical (unpaired) electrons. The van der Waals surface area contributed by atoms with E-state index in [0.29, 0.717) is 17.1 Å². The van der Waals surface area contributed by atoms with E-state index in [2.05, 4.69) is 20.7 Å². The predicted molar refractivity (Wildman–Crippen MR) is 98.1 cm³/mol. The van der Waals surface area contributed by atoms with Crippen LogP contribution in [0.4, 0.5) is 10.2 Å². The molecule has 7 nitrogen and oxygen atoms in total. The molecule has 132 valence electrons. The third-order valence-electron chi connectivity index (χ3n) is 4.11. The van der Waals surface area contributed by atoms with Crippen molar-refractivity contribution in [3.8, 4) is 28.7 Å². The van der Waals surface area contributed by atoms with Crippen LogP contribution in [0.3, 0.4) is 0 Å². The highest BCUT2D eigenvalue weighted by molar-refractivity contribution is 5.67. The molecule has 0 amide bonds. The molecule has 2 aromatic heterocycles. The minimum Gasteiger partial charge on any atom is -0.372 e. The molecule has 0 atom stereocenters. The molecule has 0 fully saturated rings. The van der Waals surface area contributed by atoms with Crippen LogP contribution in [0, 0.1) is 17.1 Å². The van der Waals surface area contributed by atoms with E-state index in [1.165, 1.54) is 12.1 Å². The van der Waals surface area contributed by atoms with Gasteiger partial charge in [-0.25, -0.2) is 13.8 Å². The Morgan fingerprint density at radius 3 is 2.67 bits per heavy atom. The van der Waals surface area contributed by atoms with E-state index in [9.17, 15) is 4.39 Å². The second-order valence-electron chi connectivity index (χ2n) is 5.75. The number of nitrogens with one attached hydrogen (secondary N) is 1. The van der Waals surface area contributed by atoms with Crippen molar-refractivity contribution >= 4 is 5.82 Å². The standard InChI is InChI=1S/C19H14FN7/c1-22-19-11-18(13-5-6-14(12-21)17(20)9-13)27(24-19)16-4-2-3-15(10-16)26-8-7-23-25-26/h2-11H,1H3,(H,22,24). The van der Waals surface area contributed by atoms with Crippen molar-refractivity contribution < 1.29 is 4.39 Å². The van der Waals surface area contributed by atoms with Gasteiger partial charge in [0.25, 0.3) is 0 Å². The lowest BCUT2D eigenvalue weighted by molar-refractivity contribution is 0.624. The molecule has 0 aliphatic carbocycles. The molecule has 0 spiro atoms. The Morgan fingerprint density at radius 1 is 1.11 bits per heavy atom. The van der Waals surface area contributed by atoms with Gasteiger partial charge in [-0.2, -0.15) is 5.26 Å². The van der Waals surface area contributed by atoms with Gasteiger partial charge in [0.15, 0.2) is 0 Å². The number of nitrogens with zero attached hydrogens (tertiary/aromatic N) is 6. The summed E-state index contributed by atoms with van der Waals surface area (Å²) < 4.78 is 17.5. The largest absolute Gasteiger partial charge is 0.372 e. The second-order valence-corrected chi connectivity index (χ2v) is 5.75. The Morgan fingerprint density at radius 2 is 1.96 bits per heavy atom. The summed E-state index contributed by atoms with van der Waals surface area (Å²) in [5.74, 6) is 0.0750. The van der Waals surface area contributed by atoms with Crippen LogP contribution in [0.2, 0.25) is 0 Å². The maximum atomic E-state index is 14.1. The monoisotopic (exact) mass is 359 g/mol. The lowest BCUT2D eigenvalue weighted by Gasteiger charge is -2.10. The van der Waals surface area contributed by atoms with E-state index in [-0.39, 0.29) is 5.56 Å². The molecule has 27 heavy (non-hydrogen) atoms. The van der Waals surface area contributed by atoms with E-state index >= 15 is 0 Å². The molecule has 0 saturated carbocycles. The molecular weight excluding hydrogens is 345 g/mol. The normalized spacial score (nSPS) is 10.6. The zero-order chi connectivity index (χ0) is 18.8. The first-order chi connectivity index (χ1) is 13.2. The first kappa shape index (κ1) is 16.5. The number of benzene rings is 2. The zero-order valence-electron chi connectivity index (χ0n) is 14.3. The number of anilines is 1. The summed E-state index contributed by atoms with van der Waals surface area (Å²) in [6.45, 7) is 0. The SMILES string of the molecule is CNc1cc(-c2ccc(C#N)c(F)c2)n(-c2cccc(-n3ccnn3)c2)n1. The maximum absolute atomic E-state index is 14.1. The average Bonchev–Trinajstić information content (AvgIpc) is 3.38. The lowest BCUT2D eigenvalue weighted by Crippen LogP contribution is -2.02. The van der Waals surface area contributed by atoms with Gasteiger partial charge in [-0.1, -0.05) is 17.3 Å². The van der Waals surface area contributed by atoms with Gasteiger partial charge in [-0.3, -0.25) is 0 Å². The summed E-state index contributed by atoms with van der Waals surface area (Å²) in [5, 5.41) is 24.3. The van der Waals surface area contributed by atoms with E-state index in [1.807, 2.05) is 36.4 Å². The van der Waals surface area contributed by atoms with Gasteiger partial charge in [-0.15, -0.1) is 10.2 Å². The lowest BCUT2D eigenvalue weighted by atomic mass is 10.1. The Bertz CT molecular complexity index is 1140. The molecule has 4 aromatic rings. The van der Waals surface area contributed by atoms with Crippen LogP contribution in [0.1, 0.15) is 5.56 Å². The molecule has 4 rings (SSSR count). The summed E-state index contributed by atoms with van der Waals surface area (Å²) in [6, 6.07) is 15.8. The molecule has 1 N–H and O–H groups in total. The fourth-order valence-corrected chi connectivity index (χ4v) is 2.78. The van der Waals surface area contributed by atoms with E-state index in [0.717, 1.165) is 11.4 Å². The van der Waals surface area contributed by atoms with Gasteiger partial charge in [0.2, 0.25) is 0 Å². The van der Waals surface area contributed by atoms with Crippen LogP contribution in [-0.2, 0) is 0 Å². The fourth-order valence-electron chi connectivity index (χ4n) is 2.78. The Kier molecular flexibility index (Phi) is 4.10. The Labute approximate surface area is 154 Å². The van der Waals surface area contributed by atoms with Gasteiger partial charge in [0, 0.05) is 18.7 Å². The Hall–Kier alpha value is -3.99. The third-order valence-corrected chi connectivity index (χ3v) is 4.11. The number of rotatable bonds is 4. The molecule has 0 bridgehead atoms. The number of aromatic nitrogens is 5. The van der Waals surface area contributed by atoms with E-state index in [4.69, 9.17) is 5.26 Å². The number of nitriles is 1. The van der Waals surface area contributed by atoms with E-state index in [1.54, 1.807) is 34.9 Å². The number of hydrogen-bond donors (Lipinski definition) is 1. The minimum atomic E-state index is -0.565. The van der Waals surface area contributed by atoms with Gasteiger partial charge < -0.3 is 5.32 Å². The first-order valence-electron chi connectivity index (χ1n) is 8.14. The van der Waals surface area contributed by atoms with Crippen LogP contribution in [0.15, 0.2) is 60.9 Å². The van der Waals surface area contributed by atoms with Crippen LogP contribution in [0.25, 0.3) is 22.6 Å². The van der Waals surface area contributed by atoms with Crippen molar-refractivity contribution in [3.05, 3.63) is 72.3 Å². The predicted octanol–water partition coefficient (Wildman–Crippen LogP) is 3.17. The number of hydrogen-bond acceptors (Lipinski definition) is 5. The quantitative estimate of drug-likeness (QED) is 0.605. The van der Waals surface area contributed by atoms with Gasteiger partial charge in [0.1, 0.15) is 17.7 Å². The molecule has 0 aliphatic heterocycles. The topological polar surface area (TPSA) is 84.4 Å². The van der Waals surface area contributed by atoms with Crippen LogP contribution in [0.5, 0.6) is 0 Å².